The average Bonchev–Trinajstić information content (AvgIpc) is 3.31. The van der Waals surface area contributed by atoms with Crippen LogP contribution in [0.3, 0.4) is 0 Å². The van der Waals surface area contributed by atoms with Crippen molar-refractivity contribution in [1.82, 2.24) is 0 Å². The van der Waals surface area contributed by atoms with E-state index < -0.39 is 0 Å². The fourth-order valence-electron chi connectivity index (χ4n) is 13.5. The largest absolute Gasteiger partial charge is 0.0610 e. The molecule has 68 heavy (non-hydrogen) atoms. The van der Waals surface area contributed by atoms with Gasteiger partial charge in [0.15, 0.2) is 0 Å². The maximum absolute atomic E-state index is 2.46. The van der Waals surface area contributed by atoms with Crippen LogP contribution in [-0.4, -0.2) is 0 Å². The molecule has 14 aromatic carbocycles. The highest BCUT2D eigenvalue weighted by Crippen LogP contribution is 2.57. The van der Waals surface area contributed by atoms with Gasteiger partial charge in [-0.25, -0.2) is 0 Å². The van der Waals surface area contributed by atoms with E-state index >= 15 is 0 Å². The first-order chi connectivity index (χ1) is 33.0. The van der Waals surface area contributed by atoms with E-state index in [1.165, 1.54) is 186 Å². The Bertz CT molecular complexity index is 4220. The van der Waals surface area contributed by atoms with Crippen LogP contribution in [0.25, 0.3) is 141 Å². The van der Waals surface area contributed by atoms with E-state index in [1.807, 2.05) is 0 Å². The summed E-state index contributed by atoms with van der Waals surface area (Å²) in [7, 11) is 0. The predicted octanol–water partition coefficient (Wildman–Crippen LogP) is 19.6. The first-order valence-electron chi connectivity index (χ1n) is 24.3. The summed E-state index contributed by atoms with van der Waals surface area (Å²) in [6.45, 7) is 18.2. The number of fused-ring (bicyclic) bond motifs is 10. The minimum absolute atomic E-state index is 1.26. The van der Waals surface area contributed by atoms with Crippen molar-refractivity contribution in [3.05, 3.63) is 202 Å². The molecule has 0 saturated heterocycles. The number of benzene rings is 14. The van der Waals surface area contributed by atoms with Crippen LogP contribution in [0.5, 0.6) is 0 Å². The van der Waals surface area contributed by atoms with Gasteiger partial charge in [-0.1, -0.05) is 191 Å². The minimum Gasteiger partial charge on any atom is -0.0610 e. The lowest BCUT2D eigenvalue weighted by Crippen LogP contribution is -1.99. The van der Waals surface area contributed by atoms with Crippen LogP contribution in [0.1, 0.15) is 44.5 Å². The molecular weight excluding hydrogens is 817 g/mol. The molecule has 322 valence electrons. The third kappa shape index (κ3) is 5.26. The summed E-state index contributed by atoms with van der Waals surface area (Å²) in [4.78, 5) is 0. The van der Waals surface area contributed by atoms with Crippen molar-refractivity contribution in [1.29, 1.82) is 0 Å². The van der Waals surface area contributed by atoms with Gasteiger partial charge in [0, 0.05) is 0 Å². The lowest BCUT2D eigenvalue weighted by Gasteiger charge is -2.27. The quantitative estimate of drug-likeness (QED) is 0.123. The van der Waals surface area contributed by atoms with Gasteiger partial charge in [0.25, 0.3) is 0 Å². The second-order valence-electron chi connectivity index (χ2n) is 20.5. The van der Waals surface area contributed by atoms with Crippen molar-refractivity contribution in [3.8, 4) is 33.4 Å². The van der Waals surface area contributed by atoms with E-state index in [1.54, 1.807) is 0 Å². The molecule has 0 nitrogen and oxygen atoms in total. The highest BCUT2D eigenvalue weighted by molar-refractivity contribution is 6.48. The van der Waals surface area contributed by atoms with Crippen molar-refractivity contribution in [2.24, 2.45) is 0 Å². The monoisotopic (exact) mass is 866 g/mol. The summed E-state index contributed by atoms with van der Waals surface area (Å²) < 4.78 is 0. The van der Waals surface area contributed by atoms with Crippen LogP contribution < -0.4 is 0 Å². The molecule has 14 aromatic rings. The molecule has 0 spiro atoms. The number of rotatable bonds is 3. The molecule has 0 fully saturated rings. The first kappa shape index (κ1) is 39.4. The first-order valence-corrected chi connectivity index (χ1v) is 24.3. The van der Waals surface area contributed by atoms with Crippen LogP contribution >= 0.6 is 0 Å². The van der Waals surface area contributed by atoms with Crippen molar-refractivity contribution in [2.45, 2.75) is 55.4 Å². The SMILES string of the molecule is Cc1cc(C)cc(-c2cccc3c(-c4c5cccc(-c6cc(C)cc(C)c6)c5c5ccc6cccc7c8cc(C)cc(C)c8c4c5c67)c4c5c(C)cc(C)cc5c5cccc6ccc(c23)c4c65)c1. The predicted molar refractivity (Wildman–Crippen MR) is 298 cm³/mol. The van der Waals surface area contributed by atoms with E-state index in [2.05, 4.69) is 213 Å². The van der Waals surface area contributed by atoms with E-state index in [0.717, 1.165) is 0 Å². The minimum atomic E-state index is 1.26. The van der Waals surface area contributed by atoms with Crippen LogP contribution in [0.2, 0.25) is 0 Å². The fourth-order valence-corrected chi connectivity index (χ4v) is 13.5. The van der Waals surface area contributed by atoms with E-state index in [4.69, 9.17) is 0 Å². The summed E-state index contributed by atoms with van der Waals surface area (Å²) >= 11 is 0. The van der Waals surface area contributed by atoms with Crippen molar-refractivity contribution >= 4 is 108 Å². The lowest BCUT2D eigenvalue weighted by atomic mass is 9.75. The Hall–Kier alpha value is -7.80. The second-order valence-corrected chi connectivity index (χ2v) is 20.5. The second kappa shape index (κ2) is 13.9. The zero-order valence-electron chi connectivity index (χ0n) is 40.0. The molecule has 0 unspecified atom stereocenters. The van der Waals surface area contributed by atoms with Gasteiger partial charge in [0.05, 0.1) is 0 Å². The Morgan fingerprint density at radius 2 is 0.588 bits per heavy atom. The van der Waals surface area contributed by atoms with Gasteiger partial charge in [-0.15, -0.1) is 0 Å². The molecular formula is C68H50. The highest BCUT2D eigenvalue weighted by Gasteiger charge is 2.29. The van der Waals surface area contributed by atoms with E-state index in [-0.39, 0.29) is 0 Å². The average molecular weight is 867 g/mol. The zero-order chi connectivity index (χ0) is 46.0. The maximum atomic E-state index is 2.46. The Labute approximate surface area is 396 Å². The molecule has 0 aromatic heterocycles. The summed E-state index contributed by atoms with van der Waals surface area (Å²) in [6, 6.07) is 61.9. The summed E-state index contributed by atoms with van der Waals surface area (Å²) in [6.07, 6.45) is 0. The standard InChI is InChI=1S/C68H50/c1-35-25-36(2)30-45(29-35)47-15-11-19-51-61(47)53-23-21-43-13-9-17-49-55-33-39(5)27-41(7)57(55)67(63(53)59(43)49)65(51)66-52-20-12-16-48(46-31-37(3)26-38(4)32-46)62(52)54-24-22-44-14-10-18-50-56-34-40(6)28-42(8)58(56)68(66)64(54)60(44)50/h9-34H,1-8H3. The van der Waals surface area contributed by atoms with Crippen LogP contribution in [0, 0.1) is 55.4 Å². The molecule has 0 aliphatic rings. The van der Waals surface area contributed by atoms with Crippen molar-refractivity contribution < 1.29 is 0 Å². The molecule has 0 atom stereocenters. The topological polar surface area (TPSA) is 0 Å². The number of aryl methyl sites for hydroxylation is 8. The van der Waals surface area contributed by atoms with Gasteiger partial charge in [-0.2, -0.15) is 0 Å². The van der Waals surface area contributed by atoms with Crippen LogP contribution in [-0.2, 0) is 0 Å². The van der Waals surface area contributed by atoms with Gasteiger partial charge in [0.1, 0.15) is 0 Å². The molecule has 0 amide bonds. The normalized spacial score (nSPS) is 12.4. The van der Waals surface area contributed by atoms with E-state index in [9.17, 15) is 0 Å². The Kier molecular flexibility index (Phi) is 8.04. The smallest absolute Gasteiger partial charge is 0.000451 e. The zero-order valence-corrected chi connectivity index (χ0v) is 40.0. The summed E-state index contributed by atoms with van der Waals surface area (Å²) in [5.41, 5.74) is 18.1. The van der Waals surface area contributed by atoms with Gasteiger partial charge in [0.2, 0.25) is 0 Å². The lowest BCUT2D eigenvalue weighted by molar-refractivity contribution is 1.39. The molecule has 0 heterocycles. The third-order valence-electron chi connectivity index (χ3n) is 15.7. The Balaban J connectivity index is 1.37. The molecule has 0 heteroatoms. The van der Waals surface area contributed by atoms with Gasteiger partial charge in [-0.3, -0.25) is 0 Å². The third-order valence-corrected chi connectivity index (χ3v) is 15.7. The van der Waals surface area contributed by atoms with Crippen molar-refractivity contribution in [3.63, 3.8) is 0 Å². The molecule has 14 rings (SSSR count). The molecule has 0 N–H and O–H groups in total. The molecule has 0 aliphatic carbocycles. The maximum Gasteiger partial charge on any atom is -0.000451 e. The molecule has 0 aliphatic heterocycles. The molecule has 0 radical (unpaired) electrons. The van der Waals surface area contributed by atoms with Crippen LogP contribution in [0.4, 0.5) is 0 Å². The molecule has 0 bridgehead atoms. The molecule has 0 saturated carbocycles. The summed E-state index contributed by atoms with van der Waals surface area (Å²) in [5, 5.41) is 26.5. The van der Waals surface area contributed by atoms with Crippen molar-refractivity contribution in [2.75, 3.05) is 0 Å². The van der Waals surface area contributed by atoms with Gasteiger partial charge >= 0.3 is 0 Å². The van der Waals surface area contributed by atoms with Gasteiger partial charge < -0.3 is 0 Å². The summed E-state index contributed by atoms with van der Waals surface area (Å²) in [5.74, 6) is 0. The Morgan fingerprint density at radius 1 is 0.221 bits per heavy atom. The fraction of sp³-hybridized carbons (Fsp3) is 0.118. The number of hydrogen-bond acceptors (Lipinski definition) is 0. The van der Waals surface area contributed by atoms with Crippen LogP contribution in [0.15, 0.2) is 158 Å². The van der Waals surface area contributed by atoms with E-state index in [0.29, 0.717) is 0 Å². The number of hydrogen-bond donors (Lipinski definition) is 0. The van der Waals surface area contributed by atoms with Gasteiger partial charge in [-0.05, 0) is 208 Å². The highest BCUT2D eigenvalue weighted by atomic mass is 14.3. The Morgan fingerprint density at radius 3 is 1.00 bits per heavy atom.